The highest BCUT2D eigenvalue weighted by molar-refractivity contribution is 9.10. The molecule has 0 fully saturated rings. The summed E-state index contributed by atoms with van der Waals surface area (Å²) < 4.78 is 1.16. The van der Waals surface area contributed by atoms with Crippen molar-refractivity contribution in [3.8, 4) is 0 Å². The van der Waals surface area contributed by atoms with Crippen LogP contribution in [0.1, 0.15) is 23.6 Å². The Morgan fingerprint density at radius 2 is 2.27 bits per heavy atom. The molecule has 1 aliphatic rings. The monoisotopic (exact) mass is 211 g/mol. The molecule has 0 heterocycles. The zero-order chi connectivity index (χ0) is 7.84. The largest absolute Gasteiger partial charge is 0.324 e. The van der Waals surface area contributed by atoms with E-state index in [1.807, 2.05) is 0 Å². The molecule has 0 saturated heterocycles. The first-order chi connectivity index (χ1) is 5.27. The molecule has 0 aliphatic heterocycles. The van der Waals surface area contributed by atoms with E-state index in [2.05, 4.69) is 34.1 Å². The summed E-state index contributed by atoms with van der Waals surface area (Å²) in [4.78, 5) is 0. The fourth-order valence-electron chi connectivity index (χ4n) is 1.62. The van der Waals surface area contributed by atoms with Crippen LogP contribution in [0, 0.1) is 0 Å². The van der Waals surface area contributed by atoms with Crippen LogP contribution in [0.4, 0.5) is 0 Å². The number of aryl methyl sites for hydroxylation is 1. The molecular weight excluding hydrogens is 202 g/mol. The predicted molar refractivity (Wildman–Crippen MR) is 49.4 cm³/mol. The van der Waals surface area contributed by atoms with Crippen LogP contribution in [-0.4, -0.2) is 0 Å². The van der Waals surface area contributed by atoms with Crippen molar-refractivity contribution in [2.75, 3.05) is 0 Å². The first kappa shape index (κ1) is 7.32. The van der Waals surface area contributed by atoms with Crippen molar-refractivity contribution in [3.05, 3.63) is 33.8 Å². The summed E-state index contributed by atoms with van der Waals surface area (Å²) in [5, 5.41) is 0. The lowest BCUT2D eigenvalue weighted by atomic mass is 10.1. The fraction of sp³-hybridized carbons (Fsp3) is 0.333. The van der Waals surface area contributed by atoms with Crippen LogP contribution in [0.25, 0.3) is 0 Å². The van der Waals surface area contributed by atoms with Crippen LogP contribution >= 0.6 is 15.9 Å². The molecule has 58 valence electrons. The number of benzene rings is 1. The number of hydrogen-bond acceptors (Lipinski definition) is 1. The summed E-state index contributed by atoms with van der Waals surface area (Å²) in [6, 6.07) is 6.63. The molecule has 0 radical (unpaired) electrons. The highest BCUT2D eigenvalue weighted by Crippen LogP contribution is 2.30. The molecule has 1 unspecified atom stereocenters. The van der Waals surface area contributed by atoms with Gasteiger partial charge in [-0.2, -0.15) is 0 Å². The van der Waals surface area contributed by atoms with Crippen LogP contribution in [0.5, 0.6) is 0 Å². The van der Waals surface area contributed by atoms with E-state index in [0.29, 0.717) is 0 Å². The average molecular weight is 212 g/mol. The summed E-state index contributed by atoms with van der Waals surface area (Å²) in [5.74, 6) is 0. The van der Waals surface area contributed by atoms with E-state index in [1.54, 1.807) is 0 Å². The van der Waals surface area contributed by atoms with Crippen molar-refractivity contribution in [3.63, 3.8) is 0 Å². The van der Waals surface area contributed by atoms with Gasteiger partial charge in [0.25, 0.3) is 0 Å². The molecule has 11 heavy (non-hydrogen) atoms. The summed E-state index contributed by atoms with van der Waals surface area (Å²) in [5.41, 5.74) is 8.62. The molecule has 0 aromatic heterocycles. The fourth-order valence-corrected chi connectivity index (χ4v) is 2.03. The molecule has 1 nitrogen and oxygen atoms in total. The van der Waals surface area contributed by atoms with E-state index >= 15 is 0 Å². The van der Waals surface area contributed by atoms with Crippen LogP contribution in [0.2, 0.25) is 0 Å². The van der Waals surface area contributed by atoms with Crippen molar-refractivity contribution in [2.24, 2.45) is 5.73 Å². The van der Waals surface area contributed by atoms with E-state index in [0.717, 1.165) is 17.3 Å². The van der Waals surface area contributed by atoms with Gasteiger partial charge in [-0.25, -0.2) is 0 Å². The Morgan fingerprint density at radius 3 is 3.09 bits per heavy atom. The minimum absolute atomic E-state index is 0.276. The third-order valence-corrected chi connectivity index (χ3v) is 2.72. The highest BCUT2D eigenvalue weighted by atomic mass is 79.9. The number of fused-ring (bicyclic) bond motifs is 1. The van der Waals surface area contributed by atoms with Gasteiger partial charge in [-0.05, 0) is 36.1 Å². The maximum Gasteiger partial charge on any atom is 0.0300 e. The van der Waals surface area contributed by atoms with E-state index in [-0.39, 0.29) is 6.04 Å². The Labute approximate surface area is 74.7 Å². The Kier molecular flexibility index (Phi) is 1.74. The quantitative estimate of drug-likeness (QED) is 0.702. The van der Waals surface area contributed by atoms with E-state index in [4.69, 9.17) is 5.73 Å². The second-order valence-corrected chi connectivity index (χ2v) is 3.90. The maximum atomic E-state index is 5.88. The minimum Gasteiger partial charge on any atom is -0.324 e. The lowest BCUT2D eigenvalue weighted by molar-refractivity contribution is 0.713. The Hall–Kier alpha value is -0.340. The molecular formula is C9H10BrN. The van der Waals surface area contributed by atoms with Gasteiger partial charge in [-0.1, -0.05) is 22.0 Å². The molecule has 1 aliphatic carbocycles. The van der Waals surface area contributed by atoms with Crippen LogP contribution in [-0.2, 0) is 6.42 Å². The molecule has 0 bridgehead atoms. The molecule has 1 aromatic carbocycles. The van der Waals surface area contributed by atoms with Gasteiger partial charge in [0.2, 0.25) is 0 Å². The summed E-state index contributed by atoms with van der Waals surface area (Å²) >= 11 is 3.44. The zero-order valence-corrected chi connectivity index (χ0v) is 7.76. The predicted octanol–water partition coefficient (Wildman–Crippen LogP) is 2.40. The highest BCUT2D eigenvalue weighted by Gasteiger charge is 2.17. The standard InChI is InChI=1S/C9H10BrN/c10-7-2-3-8-6(5-7)1-4-9(8)11/h2-3,5,9H,1,4,11H2. The average Bonchev–Trinajstić information content (AvgIpc) is 2.32. The van der Waals surface area contributed by atoms with Gasteiger partial charge in [0, 0.05) is 10.5 Å². The third-order valence-electron chi connectivity index (χ3n) is 2.23. The molecule has 0 spiro atoms. The van der Waals surface area contributed by atoms with Crippen molar-refractivity contribution >= 4 is 15.9 Å². The normalized spacial score (nSPS) is 21.8. The van der Waals surface area contributed by atoms with E-state index in [1.165, 1.54) is 11.1 Å². The van der Waals surface area contributed by atoms with Crippen molar-refractivity contribution in [1.29, 1.82) is 0 Å². The number of halogens is 1. The van der Waals surface area contributed by atoms with E-state index in [9.17, 15) is 0 Å². The number of hydrogen-bond donors (Lipinski definition) is 1. The molecule has 0 saturated carbocycles. The smallest absolute Gasteiger partial charge is 0.0300 e. The Balaban J connectivity index is 2.50. The molecule has 1 aromatic rings. The van der Waals surface area contributed by atoms with Crippen molar-refractivity contribution < 1.29 is 0 Å². The summed E-state index contributed by atoms with van der Waals surface area (Å²) in [6.45, 7) is 0. The first-order valence-corrected chi connectivity index (χ1v) is 4.60. The summed E-state index contributed by atoms with van der Waals surface area (Å²) in [7, 11) is 0. The number of nitrogens with two attached hydrogens (primary N) is 1. The minimum atomic E-state index is 0.276. The lowest BCUT2D eigenvalue weighted by Gasteiger charge is -2.03. The lowest BCUT2D eigenvalue weighted by Crippen LogP contribution is -2.04. The SMILES string of the molecule is NC1CCc2cc(Br)ccc21. The Morgan fingerprint density at radius 1 is 1.45 bits per heavy atom. The number of rotatable bonds is 0. The van der Waals surface area contributed by atoms with Gasteiger partial charge in [0.15, 0.2) is 0 Å². The van der Waals surface area contributed by atoms with Gasteiger partial charge < -0.3 is 5.73 Å². The van der Waals surface area contributed by atoms with Crippen molar-refractivity contribution in [2.45, 2.75) is 18.9 Å². The molecule has 2 heteroatoms. The van der Waals surface area contributed by atoms with Gasteiger partial charge >= 0.3 is 0 Å². The molecule has 2 N–H and O–H groups in total. The molecule has 0 amide bonds. The van der Waals surface area contributed by atoms with E-state index < -0.39 is 0 Å². The van der Waals surface area contributed by atoms with Gasteiger partial charge in [-0.15, -0.1) is 0 Å². The second kappa shape index (κ2) is 2.61. The first-order valence-electron chi connectivity index (χ1n) is 3.81. The maximum absolute atomic E-state index is 5.88. The summed E-state index contributed by atoms with van der Waals surface area (Å²) in [6.07, 6.45) is 2.24. The van der Waals surface area contributed by atoms with Gasteiger partial charge in [0.05, 0.1) is 0 Å². The van der Waals surface area contributed by atoms with Crippen LogP contribution in [0.15, 0.2) is 22.7 Å². The van der Waals surface area contributed by atoms with Gasteiger partial charge in [-0.3, -0.25) is 0 Å². The second-order valence-electron chi connectivity index (χ2n) is 2.99. The van der Waals surface area contributed by atoms with Crippen LogP contribution in [0.3, 0.4) is 0 Å². The van der Waals surface area contributed by atoms with Crippen molar-refractivity contribution in [1.82, 2.24) is 0 Å². The van der Waals surface area contributed by atoms with Crippen LogP contribution < -0.4 is 5.73 Å². The topological polar surface area (TPSA) is 26.0 Å². The molecule has 1 atom stereocenters. The Bertz CT molecular complexity index is 283. The van der Waals surface area contributed by atoms with Gasteiger partial charge in [0.1, 0.15) is 0 Å². The molecule has 2 rings (SSSR count). The third kappa shape index (κ3) is 1.21. The zero-order valence-electron chi connectivity index (χ0n) is 6.18.